The van der Waals surface area contributed by atoms with Gasteiger partial charge < -0.3 is 4.57 Å². The Bertz CT molecular complexity index is 4170. The normalized spacial score (nSPS) is 14.0. The third-order valence-electron chi connectivity index (χ3n) is 14.5. The van der Waals surface area contributed by atoms with E-state index in [9.17, 15) is 0 Å². The van der Waals surface area contributed by atoms with Gasteiger partial charge in [0.25, 0.3) is 0 Å². The molecule has 13 aromatic rings. The molecule has 11 aromatic carbocycles. The van der Waals surface area contributed by atoms with Crippen LogP contribution in [0.3, 0.4) is 0 Å². The number of hydrogen-bond donors (Lipinski definition) is 0. The first kappa shape index (κ1) is 38.9. The Kier molecular flexibility index (Phi) is 8.97. The molecule has 0 amide bonds. The predicted octanol–water partition coefficient (Wildman–Crippen LogP) is 18.9. The van der Waals surface area contributed by atoms with Crippen LogP contribution in [0.5, 0.6) is 0 Å². The first-order valence-corrected chi connectivity index (χ1v) is 24.5. The van der Waals surface area contributed by atoms with E-state index in [1.54, 1.807) is 0 Å². The lowest BCUT2D eigenvalue weighted by atomic mass is 9.87. The standard InChI is InChI=1S/C66H43NS/c1-4-16-42(17-5-1)48-38-57(45-20-8-3-9-21-45)65-61(40-48)62-41-49(43-18-6-2-7-19-43)39-58(66(62)68-65)47-31-35-64-60(37-47)56-26-14-15-27-63(56)67(64)50-32-28-44(29-33-50)46-30-34-55-53-24-11-10-22-51(53)52-23-12-13-25-54(52)59(55)36-46/h1-28,30-41,44H,29H2. The predicted molar refractivity (Wildman–Crippen MR) is 294 cm³/mol. The molecule has 1 aliphatic rings. The molecule has 68 heavy (non-hydrogen) atoms. The summed E-state index contributed by atoms with van der Waals surface area (Å²) < 4.78 is 5.10. The largest absolute Gasteiger partial charge is 0.310 e. The SMILES string of the molecule is C1=CC(c2ccc3c4ccccc4c4ccccc4c3c2)CC=C1n1c2ccccc2c2cc(-c3cc(-c4ccccc4)cc4c3sc3c(-c5ccccc5)cc(-c5ccccc5)cc34)ccc21. The number of thiophene rings is 1. The number of benzene rings is 11. The summed E-state index contributed by atoms with van der Waals surface area (Å²) in [6.07, 6.45) is 8.16. The zero-order valence-electron chi connectivity index (χ0n) is 37.2. The van der Waals surface area contributed by atoms with Crippen LogP contribution in [0.15, 0.2) is 243 Å². The molecule has 2 aromatic heterocycles. The summed E-state index contributed by atoms with van der Waals surface area (Å²) in [6.45, 7) is 0. The van der Waals surface area contributed by atoms with E-state index in [2.05, 4.69) is 247 Å². The topological polar surface area (TPSA) is 4.93 Å². The maximum atomic E-state index is 2.48. The van der Waals surface area contributed by atoms with Crippen LogP contribution >= 0.6 is 11.3 Å². The molecule has 2 heterocycles. The Labute approximate surface area is 398 Å². The molecule has 1 unspecified atom stereocenters. The van der Waals surface area contributed by atoms with Crippen LogP contribution in [-0.2, 0) is 0 Å². The van der Waals surface area contributed by atoms with E-state index >= 15 is 0 Å². The summed E-state index contributed by atoms with van der Waals surface area (Å²) in [5.41, 5.74) is 14.9. The summed E-state index contributed by atoms with van der Waals surface area (Å²) in [4.78, 5) is 0. The molecule has 1 nitrogen and oxygen atoms in total. The second-order valence-electron chi connectivity index (χ2n) is 18.3. The highest BCUT2D eigenvalue weighted by molar-refractivity contribution is 7.27. The Morgan fingerprint density at radius 2 is 0.824 bits per heavy atom. The lowest BCUT2D eigenvalue weighted by Gasteiger charge is -2.20. The van der Waals surface area contributed by atoms with Crippen molar-refractivity contribution in [2.24, 2.45) is 0 Å². The highest BCUT2D eigenvalue weighted by atomic mass is 32.1. The van der Waals surface area contributed by atoms with Crippen LogP contribution in [0.25, 0.3) is 125 Å². The Balaban J connectivity index is 0.907. The van der Waals surface area contributed by atoms with Crippen molar-refractivity contribution < 1.29 is 0 Å². The van der Waals surface area contributed by atoms with Gasteiger partial charge in [-0.15, -0.1) is 11.3 Å². The van der Waals surface area contributed by atoms with Crippen LogP contribution in [0.1, 0.15) is 17.9 Å². The molecule has 1 atom stereocenters. The number of nitrogens with zero attached hydrogens (tertiary/aromatic N) is 1. The first-order valence-electron chi connectivity index (χ1n) is 23.7. The molecule has 318 valence electrons. The summed E-state index contributed by atoms with van der Waals surface area (Å²) >= 11 is 1.93. The lowest BCUT2D eigenvalue weighted by Crippen LogP contribution is -2.03. The highest BCUT2D eigenvalue weighted by Gasteiger charge is 2.22. The van der Waals surface area contributed by atoms with Crippen LogP contribution in [0.2, 0.25) is 0 Å². The Morgan fingerprint density at radius 1 is 0.338 bits per heavy atom. The van der Waals surface area contributed by atoms with Gasteiger partial charge in [0, 0.05) is 53.7 Å². The zero-order chi connectivity index (χ0) is 44.7. The van der Waals surface area contributed by atoms with Gasteiger partial charge in [-0.3, -0.25) is 0 Å². The van der Waals surface area contributed by atoms with Gasteiger partial charge in [-0.25, -0.2) is 0 Å². The van der Waals surface area contributed by atoms with Crippen LogP contribution < -0.4 is 0 Å². The lowest BCUT2D eigenvalue weighted by molar-refractivity contribution is 0.852. The molecule has 0 aliphatic heterocycles. The third kappa shape index (κ3) is 6.22. The van der Waals surface area contributed by atoms with Gasteiger partial charge in [0.1, 0.15) is 0 Å². The smallest absolute Gasteiger partial charge is 0.0541 e. The summed E-state index contributed by atoms with van der Waals surface area (Å²) in [6, 6.07) is 83.3. The fourth-order valence-electron chi connectivity index (χ4n) is 11.2. The average molecular weight is 882 g/mol. The van der Waals surface area contributed by atoms with Gasteiger partial charge in [-0.05, 0) is 132 Å². The van der Waals surface area contributed by atoms with E-state index in [-0.39, 0.29) is 0 Å². The number of rotatable bonds is 6. The van der Waals surface area contributed by atoms with Crippen molar-refractivity contribution in [3.63, 3.8) is 0 Å². The van der Waals surface area contributed by atoms with Crippen LogP contribution in [0, 0.1) is 0 Å². The van der Waals surface area contributed by atoms with Crippen LogP contribution in [0.4, 0.5) is 0 Å². The van der Waals surface area contributed by atoms with Crippen molar-refractivity contribution in [2.75, 3.05) is 0 Å². The van der Waals surface area contributed by atoms with Gasteiger partial charge in [-0.1, -0.05) is 188 Å². The van der Waals surface area contributed by atoms with Crippen molar-refractivity contribution in [1.82, 2.24) is 4.57 Å². The van der Waals surface area contributed by atoms with E-state index in [0.717, 1.165) is 6.42 Å². The Hall–Kier alpha value is -8.30. The quantitative estimate of drug-likeness (QED) is 0.147. The summed E-state index contributed by atoms with van der Waals surface area (Å²) in [5, 5.41) is 13.0. The molecule has 2 heteroatoms. The monoisotopic (exact) mass is 881 g/mol. The number of para-hydroxylation sites is 1. The van der Waals surface area contributed by atoms with Crippen molar-refractivity contribution in [2.45, 2.75) is 12.3 Å². The molecule has 0 radical (unpaired) electrons. The molecule has 0 N–H and O–H groups in total. The second-order valence-corrected chi connectivity index (χ2v) is 19.3. The van der Waals surface area contributed by atoms with Crippen molar-refractivity contribution in [3.05, 3.63) is 248 Å². The number of aromatic nitrogens is 1. The molecule has 0 fully saturated rings. The molecule has 1 aliphatic carbocycles. The fourth-order valence-corrected chi connectivity index (χ4v) is 12.6. The first-order chi connectivity index (χ1) is 33.7. The number of allylic oxidation sites excluding steroid dienone is 4. The van der Waals surface area contributed by atoms with Crippen LogP contribution in [-0.4, -0.2) is 4.57 Å². The zero-order valence-corrected chi connectivity index (χ0v) is 38.1. The summed E-state index contributed by atoms with van der Waals surface area (Å²) in [5.74, 6) is 0.292. The van der Waals surface area contributed by atoms with E-state index in [1.165, 1.54) is 130 Å². The van der Waals surface area contributed by atoms with Crippen molar-refractivity contribution in [3.8, 4) is 44.5 Å². The van der Waals surface area contributed by atoms with Gasteiger partial charge in [-0.2, -0.15) is 0 Å². The Morgan fingerprint density at radius 3 is 1.41 bits per heavy atom. The second kappa shape index (κ2) is 15.7. The van der Waals surface area contributed by atoms with Gasteiger partial charge in [0.05, 0.1) is 11.0 Å². The molecule has 0 bridgehead atoms. The van der Waals surface area contributed by atoms with E-state index in [4.69, 9.17) is 0 Å². The molecule has 14 rings (SSSR count). The highest BCUT2D eigenvalue weighted by Crippen LogP contribution is 2.48. The maximum Gasteiger partial charge on any atom is 0.0541 e. The third-order valence-corrected chi connectivity index (χ3v) is 15.8. The fraction of sp³-hybridized carbons (Fsp3) is 0.0303. The summed E-state index contributed by atoms with van der Waals surface area (Å²) in [7, 11) is 0. The minimum Gasteiger partial charge on any atom is -0.310 e. The number of fused-ring (bicyclic) bond motifs is 12. The number of hydrogen-bond acceptors (Lipinski definition) is 1. The molecule has 0 saturated carbocycles. The minimum absolute atomic E-state index is 0.292. The molecular formula is C66H43NS. The van der Waals surface area contributed by atoms with E-state index < -0.39 is 0 Å². The van der Waals surface area contributed by atoms with Gasteiger partial charge in [0.15, 0.2) is 0 Å². The maximum absolute atomic E-state index is 2.48. The molecular weight excluding hydrogens is 839 g/mol. The van der Waals surface area contributed by atoms with Crippen molar-refractivity contribution in [1.29, 1.82) is 0 Å². The van der Waals surface area contributed by atoms with Gasteiger partial charge in [0.2, 0.25) is 0 Å². The van der Waals surface area contributed by atoms with E-state index in [1.807, 2.05) is 11.3 Å². The van der Waals surface area contributed by atoms with Gasteiger partial charge >= 0.3 is 0 Å². The van der Waals surface area contributed by atoms with Crippen molar-refractivity contribution >= 4 is 91.3 Å². The average Bonchev–Trinajstić information content (AvgIpc) is 3.96. The minimum atomic E-state index is 0.292. The molecule has 0 spiro atoms. The molecule has 0 saturated heterocycles. The van der Waals surface area contributed by atoms with E-state index in [0.29, 0.717) is 5.92 Å².